The minimum atomic E-state index is -0.442. The normalized spacial score (nSPS) is 19.2. The van der Waals surface area contributed by atoms with Crippen molar-refractivity contribution in [3.8, 4) is 0 Å². The molecule has 3 amide bonds. The second kappa shape index (κ2) is 5.19. The van der Waals surface area contributed by atoms with E-state index in [0.717, 1.165) is 11.3 Å². The van der Waals surface area contributed by atoms with Crippen LogP contribution in [-0.2, 0) is 0 Å². The molecule has 0 saturated carbocycles. The van der Waals surface area contributed by atoms with Crippen LogP contribution in [0.5, 0.6) is 0 Å². The molecule has 1 fully saturated rings. The van der Waals surface area contributed by atoms with Gasteiger partial charge < -0.3 is 20.4 Å². The Kier molecular flexibility index (Phi) is 3.47. The lowest BCUT2D eigenvalue weighted by Gasteiger charge is -2.46. The van der Waals surface area contributed by atoms with E-state index in [9.17, 15) is 9.59 Å². The predicted octanol–water partition coefficient (Wildman–Crippen LogP) is 1.62. The van der Waals surface area contributed by atoms with Crippen molar-refractivity contribution in [3.05, 3.63) is 29.3 Å². The maximum absolute atomic E-state index is 12.4. The highest BCUT2D eigenvalue weighted by atomic mass is 16.2. The Labute approximate surface area is 130 Å². The minimum Gasteiger partial charge on any atom is -0.362 e. The number of nitrogens with one attached hydrogen (secondary N) is 2. The summed E-state index contributed by atoms with van der Waals surface area (Å²) in [5, 5.41) is 6.58. The van der Waals surface area contributed by atoms with Gasteiger partial charge in [-0.15, -0.1) is 0 Å². The number of amides is 3. The van der Waals surface area contributed by atoms with Crippen LogP contribution < -0.4 is 10.6 Å². The van der Waals surface area contributed by atoms with E-state index in [1.54, 1.807) is 19.0 Å². The molecule has 1 aromatic rings. The molecule has 1 aromatic carbocycles. The Morgan fingerprint density at radius 1 is 1.23 bits per heavy atom. The molecule has 2 aliphatic rings. The molecule has 118 valence electrons. The lowest BCUT2D eigenvalue weighted by Crippen LogP contribution is -2.63. The summed E-state index contributed by atoms with van der Waals surface area (Å²) in [7, 11) is 3.51. The topological polar surface area (TPSA) is 64.7 Å². The molecular formula is C16H22N4O2. The Morgan fingerprint density at radius 2 is 1.91 bits per heavy atom. The van der Waals surface area contributed by atoms with Crippen molar-refractivity contribution in [1.29, 1.82) is 0 Å². The number of rotatable bonds is 0. The number of anilines is 1. The molecule has 0 radical (unpaired) electrons. The van der Waals surface area contributed by atoms with Crippen molar-refractivity contribution >= 4 is 17.6 Å². The van der Waals surface area contributed by atoms with E-state index in [-0.39, 0.29) is 11.9 Å². The summed E-state index contributed by atoms with van der Waals surface area (Å²) in [6, 6.07) is 5.88. The maximum atomic E-state index is 12.4. The minimum absolute atomic E-state index is 0.0213. The van der Waals surface area contributed by atoms with Crippen LogP contribution in [0.2, 0.25) is 0 Å². The van der Waals surface area contributed by atoms with Gasteiger partial charge in [0.2, 0.25) is 0 Å². The van der Waals surface area contributed by atoms with E-state index in [4.69, 9.17) is 0 Å². The largest absolute Gasteiger partial charge is 0.362 e. The van der Waals surface area contributed by atoms with Crippen LogP contribution in [0, 0.1) is 6.92 Å². The van der Waals surface area contributed by atoms with Gasteiger partial charge in [0.05, 0.1) is 5.56 Å². The lowest BCUT2D eigenvalue weighted by molar-refractivity contribution is 0.0837. The third kappa shape index (κ3) is 2.49. The molecule has 0 bridgehead atoms. The first-order valence-electron chi connectivity index (χ1n) is 7.58. The number of urea groups is 1. The second-order valence-corrected chi connectivity index (χ2v) is 6.37. The molecule has 0 aromatic heterocycles. The third-order valence-corrected chi connectivity index (χ3v) is 4.42. The van der Waals surface area contributed by atoms with Gasteiger partial charge >= 0.3 is 6.03 Å². The zero-order valence-corrected chi connectivity index (χ0v) is 13.3. The Morgan fingerprint density at radius 3 is 2.55 bits per heavy atom. The van der Waals surface area contributed by atoms with Crippen molar-refractivity contribution < 1.29 is 9.59 Å². The van der Waals surface area contributed by atoms with Crippen molar-refractivity contribution in [3.63, 3.8) is 0 Å². The first-order valence-corrected chi connectivity index (χ1v) is 7.58. The van der Waals surface area contributed by atoms with Crippen LogP contribution in [-0.4, -0.2) is 54.6 Å². The van der Waals surface area contributed by atoms with Gasteiger partial charge in [0.15, 0.2) is 0 Å². The smallest absolute Gasteiger partial charge is 0.319 e. The number of benzene rings is 1. The average Bonchev–Trinajstić information content (AvgIpc) is 2.48. The van der Waals surface area contributed by atoms with E-state index in [1.165, 1.54) is 0 Å². The van der Waals surface area contributed by atoms with Crippen molar-refractivity contribution in [2.24, 2.45) is 0 Å². The van der Waals surface area contributed by atoms with E-state index in [2.05, 4.69) is 10.6 Å². The number of carbonyl (C=O) groups excluding carboxylic acids is 2. The van der Waals surface area contributed by atoms with Crippen LogP contribution in [0.3, 0.4) is 0 Å². The third-order valence-electron chi connectivity index (χ3n) is 4.42. The summed E-state index contributed by atoms with van der Waals surface area (Å²) in [4.78, 5) is 27.8. The zero-order valence-electron chi connectivity index (χ0n) is 13.3. The molecule has 22 heavy (non-hydrogen) atoms. The van der Waals surface area contributed by atoms with Gasteiger partial charge in [-0.1, -0.05) is 11.6 Å². The average molecular weight is 302 g/mol. The summed E-state index contributed by atoms with van der Waals surface area (Å²) in [5.41, 5.74) is 2.19. The van der Waals surface area contributed by atoms with Gasteiger partial charge in [-0.3, -0.25) is 4.79 Å². The zero-order chi connectivity index (χ0) is 15.9. The van der Waals surface area contributed by atoms with E-state index in [1.807, 2.05) is 30.0 Å². The molecular weight excluding hydrogens is 280 g/mol. The maximum Gasteiger partial charge on any atom is 0.319 e. The van der Waals surface area contributed by atoms with Crippen molar-refractivity contribution in [2.75, 3.05) is 32.5 Å². The number of nitrogens with zero attached hydrogens (tertiary/aromatic N) is 2. The SMILES string of the molecule is Cc1ccc2c(c1)C(=O)NC1(CCN(C(=O)N(C)C)CC1)N2. The number of aryl methyl sites for hydroxylation is 1. The second-order valence-electron chi connectivity index (χ2n) is 6.37. The molecule has 1 spiro atoms. The molecule has 0 atom stereocenters. The van der Waals surface area contributed by atoms with Crippen molar-refractivity contribution in [1.82, 2.24) is 15.1 Å². The standard InChI is InChI=1S/C16H22N4O2/c1-11-4-5-13-12(10-11)14(21)18-16(17-13)6-8-20(9-7-16)15(22)19(2)3/h4-5,10,17H,6-9H2,1-3H3,(H,18,21). The number of hydrogen-bond acceptors (Lipinski definition) is 3. The number of hydrogen-bond donors (Lipinski definition) is 2. The first-order chi connectivity index (χ1) is 10.4. The molecule has 1 saturated heterocycles. The van der Waals surface area contributed by atoms with Crippen molar-refractivity contribution in [2.45, 2.75) is 25.4 Å². The quantitative estimate of drug-likeness (QED) is 0.765. The number of fused-ring (bicyclic) bond motifs is 1. The van der Waals surface area contributed by atoms with Crippen LogP contribution in [0.4, 0.5) is 10.5 Å². The van der Waals surface area contributed by atoms with Gasteiger partial charge in [0, 0.05) is 45.7 Å². The monoisotopic (exact) mass is 302 g/mol. The predicted molar refractivity (Wildman–Crippen MR) is 84.9 cm³/mol. The van der Waals surface area contributed by atoms with Gasteiger partial charge in [-0.05, 0) is 19.1 Å². The van der Waals surface area contributed by atoms with E-state index >= 15 is 0 Å². The summed E-state index contributed by atoms with van der Waals surface area (Å²) in [6.07, 6.45) is 1.40. The Balaban J connectivity index is 1.76. The van der Waals surface area contributed by atoms with E-state index in [0.29, 0.717) is 31.5 Å². The van der Waals surface area contributed by atoms with Crippen LogP contribution in [0.1, 0.15) is 28.8 Å². The summed E-state index contributed by atoms with van der Waals surface area (Å²) in [6.45, 7) is 3.24. The number of piperidine rings is 1. The van der Waals surface area contributed by atoms with Crippen LogP contribution in [0.25, 0.3) is 0 Å². The first kappa shape index (κ1) is 14.7. The summed E-state index contributed by atoms with van der Waals surface area (Å²) >= 11 is 0. The fourth-order valence-electron chi connectivity index (χ4n) is 3.14. The fourth-order valence-corrected chi connectivity index (χ4v) is 3.14. The number of likely N-dealkylation sites (tertiary alicyclic amines) is 1. The van der Waals surface area contributed by atoms with Gasteiger partial charge in [-0.2, -0.15) is 0 Å². The molecule has 2 N–H and O–H groups in total. The Bertz CT molecular complexity index is 619. The fraction of sp³-hybridized carbons (Fsp3) is 0.500. The summed E-state index contributed by atoms with van der Waals surface area (Å²) in [5.74, 6) is -0.0372. The number of carbonyl (C=O) groups is 2. The molecule has 2 aliphatic heterocycles. The van der Waals surface area contributed by atoms with Gasteiger partial charge in [0.1, 0.15) is 5.66 Å². The summed E-state index contributed by atoms with van der Waals surface area (Å²) < 4.78 is 0. The molecule has 0 unspecified atom stereocenters. The molecule has 6 heteroatoms. The highest BCUT2D eigenvalue weighted by molar-refractivity contribution is 6.02. The van der Waals surface area contributed by atoms with Gasteiger partial charge in [0.25, 0.3) is 5.91 Å². The lowest BCUT2D eigenvalue weighted by atomic mass is 9.92. The molecule has 0 aliphatic carbocycles. The Hall–Kier alpha value is -2.24. The molecule has 6 nitrogen and oxygen atoms in total. The van der Waals surface area contributed by atoms with Crippen LogP contribution >= 0.6 is 0 Å². The van der Waals surface area contributed by atoms with E-state index < -0.39 is 5.66 Å². The molecule has 3 rings (SSSR count). The van der Waals surface area contributed by atoms with Crippen LogP contribution in [0.15, 0.2) is 18.2 Å². The highest BCUT2D eigenvalue weighted by Gasteiger charge is 2.41. The van der Waals surface area contributed by atoms with Gasteiger partial charge in [-0.25, -0.2) is 4.79 Å². The highest BCUT2D eigenvalue weighted by Crippen LogP contribution is 2.31. The molecule has 2 heterocycles.